The molecule has 5 rings (SSSR count). The number of rotatable bonds is 15. The number of anilines is 1. The van der Waals surface area contributed by atoms with Crippen molar-refractivity contribution in [2.45, 2.75) is 57.4 Å². The van der Waals surface area contributed by atoms with E-state index in [0.717, 1.165) is 77.4 Å². The lowest BCUT2D eigenvalue weighted by molar-refractivity contribution is -0.552. The number of aromatic nitrogens is 2. The largest absolute Gasteiger partial charge is 0.492 e. The second kappa shape index (κ2) is 15.2. The van der Waals surface area contributed by atoms with Crippen LogP contribution in [0.5, 0.6) is 5.75 Å². The van der Waals surface area contributed by atoms with Crippen molar-refractivity contribution < 1.29 is 18.7 Å². The molecular formula is C34H37ClN3O3S+. The minimum Gasteiger partial charge on any atom is -0.492 e. The number of benzene rings is 3. The Hall–Kier alpha value is -3.39. The van der Waals surface area contributed by atoms with Gasteiger partial charge in [-0.2, -0.15) is 4.57 Å². The number of ether oxygens (including phenoxy) is 1. The maximum absolute atomic E-state index is 13.6. The van der Waals surface area contributed by atoms with E-state index in [4.69, 9.17) is 25.9 Å². The van der Waals surface area contributed by atoms with E-state index in [9.17, 15) is 4.79 Å². The molecule has 8 heteroatoms. The van der Waals surface area contributed by atoms with Crippen LogP contribution in [0.25, 0.3) is 11.3 Å². The molecule has 0 aliphatic carbocycles. The van der Waals surface area contributed by atoms with E-state index in [1.807, 2.05) is 72.9 Å². The molecule has 0 fully saturated rings. The van der Waals surface area contributed by atoms with Gasteiger partial charge in [-0.15, -0.1) is 0 Å². The van der Waals surface area contributed by atoms with Gasteiger partial charge in [0.2, 0.25) is 0 Å². The molecule has 1 aliphatic heterocycles. The van der Waals surface area contributed by atoms with Crippen LogP contribution in [0.2, 0.25) is 5.02 Å². The van der Waals surface area contributed by atoms with Crippen molar-refractivity contribution >= 4 is 35.4 Å². The first-order chi connectivity index (χ1) is 20.6. The van der Waals surface area contributed by atoms with Gasteiger partial charge in [0.1, 0.15) is 23.3 Å². The molecule has 42 heavy (non-hydrogen) atoms. The zero-order valence-corrected chi connectivity index (χ0v) is 25.2. The van der Waals surface area contributed by atoms with Crippen molar-refractivity contribution in [2.24, 2.45) is 0 Å². The quantitative estimate of drug-likeness (QED) is 0.0819. The monoisotopic (exact) mass is 602 g/mol. The Morgan fingerprint density at radius 2 is 1.62 bits per heavy atom. The number of fused-ring (bicyclic) bond motifs is 1. The van der Waals surface area contributed by atoms with Gasteiger partial charge in [0.25, 0.3) is 0 Å². The van der Waals surface area contributed by atoms with Crippen LogP contribution in [0.3, 0.4) is 0 Å². The summed E-state index contributed by atoms with van der Waals surface area (Å²) in [5, 5.41) is 4.02. The fourth-order valence-electron chi connectivity index (χ4n) is 5.26. The van der Waals surface area contributed by atoms with Crippen LogP contribution < -0.4 is 14.6 Å². The highest BCUT2D eigenvalue weighted by molar-refractivity contribution is 7.93. The molecule has 1 aliphatic rings. The highest BCUT2D eigenvalue weighted by Gasteiger charge is 2.41. The van der Waals surface area contributed by atoms with Crippen molar-refractivity contribution in [3.05, 3.63) is 107 Å². The molecule has 1 aromatic heterocycles. The Balaban J connectivity index is 1.23. The average molecular weight is 603 g/mol. The summed E-state index contributed by atoms with van der Waals surface area (Å²) < 4.78 is 16.4. The number of hydrogen-bond donors (Lipinski definition) is 2. The third-order valence-electron chi connectivity index (χ3n) is 7.48. The number of carbonyl (C=O) groups is 1. The van der Waals surface area contributed by atoms with Crippen LogP contribution >= 0.6 is 23.6 Å². The Kier molecular flexibility index (Phi) is 10.9. The fourth-order valence-corrected chi connectivity index (χ4v) is 5.85. The maximum Gasteiger partial charge on any atom is 0.359 e. The van der Waals surface area contributed by atoms with Crippen LogP contribution in [0.4, 0.5) is 5.82 Å². The van der Waals surface area contributed by atoms with Gasteiger partial charge >= 0.3 is 11.7 Å². The van der Waals surface area contributed by atoms with Crippen molar-refractivity contribution in [3.8, 4) is 17.0 Å². The molecule has 0 amide bonds. The van der Waals surface area contributed by atoms with E-state index in [1.54, 1.807) is 4.57 Å². The number of hydrogen-bond acceptors (Lipinski definition) is 6. The van der Waals surface area contributed by atoms with Gasteiger partial charge < -0.3 is 9.29 Å². The van der Waals surface area contributed by atoms with Gasteiger partial charge in [-0.25, -0.2) is 9.78 Å². The minimum atomic E-state index is -0.425. The topological polar surface area (TPSA) is 75.3 Å². The summed E-state index contributed by atoms with van der Waals surface area (Å²) in [4.78, 5) is 18.6. The van der Waals surface area contributed by atoms with Gasteiger partial charge in [-0.05, 0) is 48.1 Å². The van der Waals surface area contributed by atoms with E-state index >= 15 is 0 Å². The van der Waals surface area contributed by atoms with Crippen LogP contribution in [0.1, 0.15) is 60.1 Å². The second-order valence-electron chi connectivity index (χ2n) is 10.6. The molecule has 0 saturated carbocycles. The number of carbonyl (C=O) groups excluding carboxylic acids is 1. The maximum atomic E-state index is 13.6. The average Bonchev–Trinajstić information content (AvgIpc) is 3.33. The van der Waals surface area contributed by atoms with Crippen LogP contribution in [-0.4, -0.2) is 33.8 Å². The normalized spacial score (nSPS) is 14.0. The summed E-state index contributed by atoms with van der Waals surface area (Å²) in [5.74, 6) is 2.22. The van der Waals surface area contributed by atoms with Gasteiger partial charge in [0.15, 0.2) is 6.04 Å². The van der Waals surface area contributed by atoms with Crippen molar-refractivity contribution in [2.75, 3.05) is 17.7 Å². The van der Waals surface area contributed by atoms with Gasteiger partial charge in [0.05, 0.1) is 11.6 Å². The van der Waals surface area contributed by atoms with E-state index in [2.05, 4.69) is 17.4 Å². The third kappa shape index (κ3) is 7.91. The van der Waals surface area contributed by atoms with Crippen molar-refractivity contribution in [1.82, 2.24) is 4.98 Å². The molecule has 0 radical (unpaired) electrons. The highest BCUT2D eigenvalue weighted by Crippen LogP contribution is 2.29. The lowest BCUT2D eigenvalue weighted by Gasteiger charge is -2.10. The lowest BCUT2D eigenvalue weighted by Crippen LogP contribution is -2.44. The van der Waals surface area contributed by atoms with Crippen molar-refractivity contribution in [1.29, 1.82) is 0 Å². The molecule has 0 saturated heterocycles. The fraction of sp³-hybridized carbons (Fsp3) is 0.324. The third-order valence-corrected chi connectivity index (χ3v) is 8.24. The van der Waals surface area contributed by atoms with Crippen LogP contribution in [0, 0.1) is 0 Å². The molecule has 4 aromatic rings. The van der Waals surface area contributed by atoms with E-state index in [1.165, 1.54) is 12.8 Å². The van der Waals surface area contributed by atoms with Gasteiger partial charge in [-0.1, -0.05) is 104 Å². The molecule has 3 aromatic carbocycles. The number of nitrogens with zero attached hydrogens (tertiary/aromatic N) is 2. The molecule has 0 spiro atoms. The molecule has 1 atom stereocenters. The smallest absolute Gasteiger partial charge is 0.359 e. The predicted octanol–water partition coefficient (Wildman–Crippen LogP) is 7.88. The number of unbranched alkanes of at least 4 members (excludes halogenated alkanes) is 5. The van der Waals surface area contributed by atoms with Crippen LogP contribution in [0.15, 0.2) is 85.1 Å². The predicted molar refractivity (Wildman–Crippen MR) is 171 cm³/mol. The van der Waals surface area contributed by atoms with E-state index < -0.39 is 6.04 Å². The Morgan fingerprint density at radius 3 is 2.36 bits per heavy atom. The summed E-state index contributed by atoms with van der Waals surface area (Å²) in [6, 6.07) is 25.5. The molecule has 0 bridgehead atoms. The Labute approximate surface area is 257 Å². The molecule has 1 unspecified atom stereocenters. The molecule has 218 valence electrons. The van der Waals surface area contributed by atoms with Gasteiger partial charge in [-0.3, -0.25) is 5.32 Å². The van der Waals surface area contributed by atoms with E-state index in [-0.39, 0.29) is 5.91 Å². The van der Waals surface area contributed by atoms with Gasteiger partial charge in [0, 0.05) is 24.2 Å². The number of nitrogens with one attached hydrogen (secondary N) is 1. The number of halogens is 1. The summed E-state index contributed by atoms with van der Waals surface area (Å²) >= 11 is 7.51. The zero-order chi connectivity index (χ0) is 29.1. The Bertz CT molecular complexity index is 1470. The first kappa shape index (κ1) is 30.1. The summed E-state index contributed by atoms with van der Waals surface area (Å²) in [6.07, 6.45) is 9.62. The SMILES string of the molecule is O=C1C(Cc2ccc(OCCCCCCCCSO)c(Cl)c2)Nc2c(Cc3ccccc3)nc(-c3ccccc3)c[n+]21. The lowest BCUT2D eigenvalue weighted by atomic mass is 10.1. The summed E-state index contributed by atoms with van der Waals surface area (Å²) in [6.45, 7) is 0.626. The summed E-state index contributed by atoms with van der Waals surface area (Å²) in [5.41, 5.74) is 4.68. The second-order valence-corrected chi connectivity index (χ2v) is 11.7. The standard InChI is InChI=1S/C34H36ClN3O3S/c35-28-21-26(17-18-32(28)41-19-11-3-1-2-4-12-20-42-40)23-30-34(39)38-24-31(27-15-9-6-10-16-27)36-29(33(38)37-30)22-25-13-7-5-8-14-25/h5-10,13-18,21,24,30,40H,1-4,11-12,19-20,22-23H2/p+1. The molecule has 2 N–H and O–H groups in total. The molecular weight excluding hydrogens is 566 g/mol. The first-order valence-corrected chi connectivity index (χ1v) is 16.0. The zero-order valence-electron chi connectivity index (χ0n) is 23.7. The minimum absolute atomic E-state index is 0.00884. The first-order valence-electron chi connectivity index (χ1n) is 14.7. The molecule has 6 nitrogen and oxygen atoms in total. The van der Waals surface area contributed by atoms with Crippen molar-refractivity contribution in [3.63, 3.8) is 0 Å². The van der Waals surface area contributed by atoms with Crippen LogP contribution in [-0.2, 0) is 12.8 Å². The van der Waals surface area contributed by atoms with E-state index in [0.29, 0.717) is 30.2 Å². The Morgan fingerprint density at radius 1 is 0.905 bits per heavy atom. The highest BCUT2D eigenvalue weighted by atomic mass is 35.5. The summed E-state index contributed by atoms with van der Waals surface area (Å²) in [7, 11) is 0. The molecule has 2 heterocycles.